The fourth-order valence-corrected chi connectivity index (χ4v) is 2.21. The Morgan fingerprint density at radius 1 is 1.33 bits per heavy atom. The minimum absolute atomic E-state index is 0.684. The summed E-state index contributed by atoms with van der Waals surface area (Å²) in [6.07, 6.45) is 4.41. The maximum absolute atomic E-state index is 5.77. The van der Waals surface area contributed by atoms with Crippen LogP contribution >= 0.6 is 11.8 Å². The minimum atomic E-state index is 0.684. The second-order valence-corrected chi connectivity index (χ2v) is 5.21. The fraction of sp³-hybridized carbons (Fsp3) is 0.667. The molecule has 0 spiro atoms. The van der Waals surface area contributed by atoms with Gasteiger partial charge in [0.1, 0.15) is 11.5 Å². The van der Waals surface area contributed by atoms with Gasteiger partial charge in [0.25, 0.3) is 0 Å². The lowest BCUT2D eigenvalue weighted by atomic mass is 10.2. The van der Waals surface area contributed by atoms with Crippen molar-refractivity contribution in [3.05, 3.63) is 23.7 Å². The summed E-state index contributed by atoms with van der Waals surface area (Å²) in [4.78, 5) is 2.12. The Labute approximate surface area is 97.0 Å². The second-order valence-electron chi connectivity index (χ2n) is 4.08. The second kappa shape index (κ2) is 6.23. The van der Waals surface area contributed by atoms with Crippen LogP contribution in [0, 0.1) is 0 Å². The van der Waals surface area contributed by atoms with E-state index in [9.17, 15) is 0 Å². The molecule has 1 rings (SSSR count). The lowest BCUT2D eigenvalue weighted by Crippen LogP contribution is -2.09. The fourth-order valence-electron chi connectivity index (χ4n) is 1.55. The Bertz CT molecular complexity index is 279. The Hall–Kier alpha value is -0.410. The molecule has 0 fully saturated rings. The van der Waals surface area contributed by atoms with Crippen LogP contribution in [0.5, 0.6) is 0 Å². The van der Waals surface area contributed by atoms with Crippen molar-refractivity contribution in [2.45, 2.75) is 31.6 Å². The first-order valence-corrected chi connectivity index (χ1v) is 6.69. The van der Waals surface area contributed by atoms with Crippen molar-refractivity contribution in [1.82, 2.24) is 4.90 Å². The normalized spacial score (nSPS) is 13.4. The Balaban J connectivity index is 2.52. The van der Waals surface area contributed by atoms with E-state index >= 15 is 0 Å². The standard InChI is InChI=1S/C12H21NOS/c1-5-12(15-4)8-10-6-7-11(14-10)9-13(2)3/h6-7,12H,5,8-9H2,1-4H3. The predicted molar refractivity (Wildman–Crippen MR) is 67.4 cm³/mol. The highest BCUT2D eigenvalue weighted by Gasteiger charge is 2.09. The van der Waals surface area contributed by atoms with Gasteiger partial charge in [0.15, 0.2) is 0 Å². The van der Waals surface area contributed by atoms with E-state index in [0.717, 1.165) is 24.5 Å². The molecule has 0 aromatic carbocycles. The van der Waals surface area contributed by atoms with E-state index in [1.807, 2.05) is 11.8 Å². The van der Waals surface area contributed by atoms with Crippen LogP contribution in [0.15, 0.2) is 16.5 Å². The average molecular weight is 227 g/mol. The lowest BCUT2D eigenvalue weighted by molar-refractivity contribution is 0.341. The van der Waals surface area contributed by atoms with E-state index in [0.29, 0.717) is 5.25 Å². The van der Waals surface area contributed by atoms with E-state index in [-0.39, 0.29) is 0 Å². The molecule has 0 amide bonds. The van der Waals surface area contributed by atoms with Gasteiger partial charge in [-0.05, 0) is 38.9 Å². The summed E-state index contributed by atoms with van der Waals surface area (Å²) in [7, 11) is 4.11. The molecule has 1 aromatic heterocycles. The first-order valence-electron chi connectivity index (χ1n) is 5.40. The highest BCUT2D eigenvalue weighted by atomic mass is 32.2. The molecule has 0 N–H and O–H groups in total. The van der Waals surface area contributed by atoms with E-state index < -0.39 is 0 Å². The molecule has 86 valence electrons. The molecule has 0 radical (unpaired) electrons. The van der Waals surface area contributed by atoms with Crippen LogP contribution in [0.2, 0.25) is 0 Å². The van der Waals surface area contributed by atoms with Crippen molar-refractivity contribution in [2.24, 2.45) is 0 Å². The lowest BCUT2D eigenvalue weighted by Gasteiger charge is -2.09. The van der Waals surface area contributed by atoms with Crippen molar-refractivity contribution < 1.29 is 4.42 Å². The Morgan fingerprint density at radius 3 is 2.53 bits per heavy atom. The zero-order chi connectivity index (χ0) is 11.3. The molecule has 0 bridgehead atoms. The van der Waals surface area contributed by atoms with Crippen LogP contribution < -0.4 is 0 Å². The number of hydrogen-bond donors (Lipinski definition) is 0. The summed E-state index contributed by atoms with van der Waals surface area (Å²) in [6, 6.07) is 4.19. The van der Waals surface area contributed by atoms with Gasteiger partial charge in [0, 0.05) is 11.7 Å². The molecular formula is C12H21NOS. The summed E-state index contributed by atoms with van der Waals surface area (Å²) >= 11 is 1.92. The van der Waals surface area contributed by atoms with Gasteiger partial charge >= 0.3 is 0 Å². The molecule has 3 heteroatoms. The van der Waals surface area contributed by atoms with Gasteiger partial charge in [-0.25, -0.2) is 0 Å². The van der Waals surface area contributed by atoms with Gasteiger partial charge in [-0.15, -0.1) is 0 Å². The molecule has 0 aliphatic heterocycles. The largest absolute Gasteiger partial charge is 0.465 e. The molecule has 1 unspecified atom stereocenters. The summed E-state index contributed by atoms with van der Waals surface area (Å²) in [5.41, 5.74) is 0. The molecule has 0 aliphatic rings. The van der Waals surface area contributed by atoms with Crippen LogP contribution in [0.1, 0.15) is 24.9 Å². The van der Waals surface area contributed by atoms with Crippen molar-refractivity contribution in [3.63, 3.8) is 0 Å². The number of nitrogens with zero attached hydrogens (tertiary/aromatic N) is 1. The molecule has 0 aliphatic carbocycles. The van der Waals surface area contributed by atoms with Crippen LogP contribution in [-0.4, -0.2) is 30.5 Å². The van der Waals surface area contributed by atoms with Gasteiger partial charge in [-0.2, -0.15) is 11.8 Å². The molecule has 1 aromatic rings. The van der Waals surface area contributed by atoms with E-state index in [1.165, 1.54) is 6.42 Å². The van der Waals surface area contributed by atoms with Crippen molar-refractivity contribution in [1.29, 1.82) is 0 Å². The van der Waals surface area contributed by atoms with E-state index in [1.54, 1.807) is 0 Å². The van der Waals surface area contributed by atoms with Crippen LogP contribution in [0.3, 0.4) is 0 Å². The van der Waals surface area contributed by atoms with Gasteiger partial charge in [0.05, 0.1) is 6.54 Å². The van der Waals surface area contributed by atoms with Crippen LogP contribution in [-0.2, 0) is 13.0 Å². The first kappa shape index (κ1) is 12.7. The van der Waals surface area contributed by atoms with Crippen LogP contribution in [0.25, 0.3) is 0 Å². The smallest absolute Gasteiger partial charge is 0.118 e. The summed E-state index contributed by atoms with van der Waals surface area (Å²) in [5, 5.41) is 0.684. The SMILES string of the molecule is CCC(Cc1ccc(CN(C)C)o1)SC. The third kappa shape index (κ3) is 4.31. The van der Waals surface area contributed by atoms with Crippen LogP contribution in [0.4, 0.5) is 0 Å². The van der Waals surface area contributed by atoms with Crippen molar-refractivity contribution in [2.75, 3.05) is 20.4 Å². The minimum Gasteiger partial charge on any atom is -0.465 e. The topological polar surface area (TPSA) is 16.4 Å². The Morgan fingerprint density at radius 2 is 2.00 bits per heavy atom. The van der Waals surface area contributed by atoms with Gasteiger partial charge in [0.2, 0.25) is 0 Å². The maximum atomic E-state index is 5.77. The zero-order valence-corrected chi connectivity index (χ0v) is 10.9. The molecule has 15 heavy (non-hydrogen) atoms. The number of rotatable bonds is 6. The highest BCUT2D eigenvalue weighted by Crippen LogP contribution is 2.19. The van der Waals surface area contributed by atoms with Gasteiger partial charge < -0.3 is 9.32 Å². The number of thioether (sulfide) groups is 1. The Kier molecular flexibility index (Phi) is 5.26. The summed E-state index contributed by atoms with van der Waals surface area (Å²) in [6.45, 7) is 3.11. The first-order chi connectivity index (χ1) is 7.15. The molecular weight excluding hydrogens is 206 g/mol. The summed E-state index contributed by atoms with van der Waals surface area (Å²) in [5.74, 6) is 2.18. The number of furan rings is 1. The molecule has 0 saturated carbocycles. The highest BCUT2D eigenvalue weighted by molar-refractivity contribution is 7.99. The van der Waals surface area contributed by atoms with Gasteiger partial charge in [-0.1, -0.05) is 6.92 Å². The van der Waals surface area contributed by atoms with Crippen molar-refractivity contribution in [3.8, 4) is 0 Å². The third-order valence-corrected chi connectivity index (χ3v) is 3.57. The average Bonchev–Trinajstić information content (AvgIpc) is 2.61. The monoisotopic (exact) mass is 227 g/mol. The van der Waals surface area contributed by atoms with Crippen molar-refractivity contribution >= 4 is 11.8 Å². The third-order valence-electron chi connectivity index (χ3n) is 2.41. The molecule has 1 atom stereocenters. The quantitative estimate of drug-likeness (QED) is 0.743. The van der Waals surface area contributed by atoms with E-state index in [4.69, 9.17) is 4.42 Å². The summed E-state index contributed by atoms with van der Waals surface area (Å²) < 4.78 is 5.77. The van der Waals surface area contributed by atoms with E-state index in [2.05, 4.69) is 44.3 Å². The molecule has 0 saturated heterocycles. The zero-order valence-electron chi connectivity index (χ0n) is 10.1. The number of hydrogen-bond acceptors (Lipinski definition) is 3. The molecule has 2 nitrogen and oxygen atoms in total. The molecule has 1 heterocycles. The maximum Gasteiger partial charge on any atom is 0.118 e. The predicted octanol–water partition coefficient (Wildman–Crippen LogP) is 3.03. The van der Waals surface area contributed by atoms with Gasteiger partial charge in [-0.3, -0.25) is 0 Å².